The summed E-state index contributed by atoms with van der Waals surface area (Å²) < 4.78 is 310. The Morgan fingerprint density at radius 3 is 1.01 bits per heavy atom. The van der Waals surface area contributed by atoms with Crippen molar-refractivity contribution in [3.8, 4) is 0 Å². The van der Waals surface area contributed by atoms with E-state index in [1.807, 2.05) is 0 Å². The quantitative estimate of drug-likeness (QED) is 0.0378. The van der Waals surface area contributed by atoms with Crippen LogP contribution in [-0.4, -0.2) is 331 Å². The molecule has 9 rings (SSSR count). The first-order valence-corrected chi connectivity index (χ1v) is 33.0. The van der Waals surface area contributed by atoms with E-state index in [0.29, 0.717) is 0 Å². The molecule has 9 heterocycles. The maximum absolute atomic E-state index is 12.5. The smallest absolute Gasteiger partial charge is 0.394 e. The number of rotatable bonds is 25. The molecule has 29 atom stereocenters. The monoisotopic (exact) mass is 1400 g/mol. The van der Waals surface area contributed by atoms with Crippen LogP contribution in [0.5, 0.6) is 0 Å². The predicted octanol–water partition coefficient (Wildman–Crippen LogP) is -11.0. The van der Waals surface area contributed by atoms with Crippen LogP contribution < -0.4 is 0 Å². The topological polar surface area (TPSA) is 652 Å². The Labute approximate surface area is 489 Å². The Hall–Kier alpha value is -1.62. The molecule has 9 saturated heterocycles. The number of hydrogen-bond acceptors (Lipinski definition) is 39. The van der Waals surface area contributed by atoms with E-state index in [-0.39, 0.29) is 0 Å². The summed E-state index contributed by atoms with van der Waals surface area (Å²) in [6, 6.07) is 0. The third-order valence-electron chi connectivity index (χ3n) is 14.3. The van der Waals surface area contributed by atoms with Crippen molar-refractivity contribution in [1.29, 1.82) is 0 Å². The molecular weight excluding hydrogens is 1340 g/mol. The van der Waals surface area contributed by atoms with Gasteiger partial charge in [-0.05, 0) is 0 Å². The van der Waals surface area contributed by atoms with Gasteiger partial charge in [-0.3, -0.25) is 27.3 Å². The second kappa shape index (κ2) is 26.6. The van der Waals surface area contributed by atoms with Gasteiger partial charge in [0.15, 0.2) is 56.1 Å². The van der Waals surface area contributed by atoms with Crippen molar-refractivity contribution in [3.63, 3.8) is 0 Å². The molecule has 0 amide bonds. The number of ether oxygens (including phenoxy) is 14. The van der Waals surface area contributed by atoms with Crippen molar-refractivity contribution in [3.05, 3.63) is 0 Å². The summed E-state index contributed by atoms with van der Waals surface area (Å²) in [4.78, 5) is 0. The Morgan fingerprint density at radius 2 is 0.644 bits per heavy atom. The lowest BCUT2D eigenvalue weighted by atomic mass is 9.96. The van der Waals surface area contributed by atoms with E-state index < -0.39 is 287 Å². The lowest BCUT2D eigenvalue weighted by Crippen LogP contribution is -2.67. The highest BCUT2D eigenvalue weighted by atomic mass is 32.3. The molecule has 45 nitrogen and oxygen atoms in total. The zero-order valence-electron chi connectivity index (χ0n) is 43.0. The van der Waals surface area contributed by atoms with Crippen molar-refractivity contribution < 1.29 is 205 Å². The predicted molar refractivity (Wildman–Crippen MR) is 250 cm³/mol. The van der Waals surface area contributed by atoms with Crippen molar-refractivity contribution >= 4 is 62.4 Å². The Balaban J connectivity index is 0.963. The average Bonchev–Trinajstić information content (AvgIpc) is 1.78. The summed E-state index contributed by atoms with van der Waals surface area (Å²) in [5, 5.41) is 75.7. The molecule has 6 bridgehead atoms. The van der Waals surface area contributed by atoms with Crippen LogP contribution in [0.3, 0.4) is 0 Å². The molecule has 0 aromatic carbocycles. The largest absolute Gasteiger partial charge is 0.397 e. The Bertz CT molecular complexity index is 3090. The molecule has 0 aromatic rings. The zero-order valence-corrected chi connectivity index (χ0v) is 47.9. The van der Waals surface area contributed by atoms with E-state index in [0.717, 1.165) is 0 Å². The summed E-state index contributed by atoms with van der Waals surface area (Å²) in [5.41, 5.74) is 0. The van der Waals surface area contributed by atoms with Gasteiger partial charge in [-0.2, -0.15) is 50.5 Å². The molecule has 9 fully saturated rings. The van der Waals surface area contributed by atoms with Gasteiger partial charge < -0.3 is 102 Å². The van der Waals surface area contributed by atoms with Crippen molar-refractivity contribution in [2.75, 3.05) is 39.6 Å². The molecule has 51 heteroatoms. The number of aliphatic hydroxyl groups excluding tert-OH is 7. The highest BCUT2D eigenvalue weighted by Crippen LogP contribution is 2.44. The van der Waals surface area contributed by atoms with Crippen LogP contribution in [0.1, 0.15) is 6.42 Å². The normalized spacial score (nSPS) is 45.6. The van der Waals surface area contributed by atoms with E-state index in [1.54, 1.807) is 0 Å². The van der Waals surface area contributed by atoms with E-state index >= 15 is 0 Å². The van der Waals surface area contributed by atoms with Gasteiger partial charge in [0.05, 0.1) is 39.6 Å². The van der Waals surface area contributed by atoms with E-state index in [1.165, 1.54) is 0 Å². The fraction of sp³-hybridized carbons (Fsp3) is 1.00. The second-order valence-electron chi connectivity index (χ2n) is 20.0. The van der Waals surface area contributed by atoms with Gasteiger partial charge in [0.25, 0.3) is 0 Å². The third-order valence-corrected chi connectivity index (χ3v) is 17.1. The highest BCUT2D eigenvalue weighted by molar-refractivity contribution is 7.82. The molecule has 9 aliphatic rings. The van der Waals surface area contributed by atoms with Gasteiger partial charge in [-0.1, -0.05) is 0 Å². The fourth-order valence-corrected chi connectivity index (χ4v) is 14.0. The van der Waals surface area contributed by atoms with Crippen LogP contribution >= 0.6 is 0 Å². The summed E-state index contributed by atoms with van der Waals surface area (Å²) in [5.74, 6) is 0. The van der Waals surface area contributed by atoms with E-state index in [4.69, 9.17) is 83.4 Å². The fourth-order valence-electron chi connectivity index (χ4n) is 11.0. The molecule has 13 N–H and O–H groups in total. The van der Waals surface area contributed by atoms with Crippen LogP contribution in [0.4, 0.5) is 0 Å². The minimum atomic E-state index is -5.77. The average molecular weight is 1400 g/mol. The van der Waals surface area contributed by atoms with Gasteiger partial charge in [0.2, 0.25) is 0 Å². The van der Waals surface area contributed by atoms with Crippen molar-refractivity contribution in [2.24, 2.45) is 0 Å². The summed E-state index contributed by atoms with van der Waals surface area (Å²) in [6.07, 6.45) is -60.5. The summed E-state index contributed by atoms with van der Waals surface area (Å²) in [7, 11) is -33.3. The van der Waals surface area contributed by atoms with Crippen molar-refractivity contribution in [1.82, 2.24) is 0 Å². The first kappa shape index (κ1) is 69.7. The van der Waals surface area contributed by atoms with Gasteiger partial charge in [-0.15, -0.1) is 0 Å². The molecule has 0 aromatic heterocycles. The molecule has 0 spiro atoms. The molecule has 506 valence electrons. The number of hydrogen-bond donors (Lipinski definition) is 13. The molecule has 0 radical (unpaired) electrons. The minimum absolute atomic E-state index is 0.482. The third kappa shape index (κ3) is 16.7. The molecule has 0 unspecified atom stereocenters. The van der Waals surface area contributed by atoms with Crippen LogP contribution in [0.2, 0.25) is 0 Å². The van der Waals surface area contributed by atoms with Gasteiger partial charge in [0.1, 0.15) is 122 Å². The van der Waals surface area contributed by atoms with Gasteiger partial charge >= 0.3 is 62.4 Å². The van der Waals surface area contributed by atoms with Crippen LogP contribution in [0, 0.1) is 0 Å². The number of fused-ring (bicyclic) bond motifs is 6. The standard InChI is InChI=1S/C36H56O45S6/c37-2-10-9(76-82(44,45)46)1-8(40)32(66-10)71-19-14-6-63-26(19)29(80-86(56,57)58)35(69-14)74-24-17(42)34(68-12(4-39)22(24)78-84(50,51)52)73-20-15-7-64-27(20)30(81-87(59,60)61)36(70-15)75-23-16(41)33(67-11(3-38)21(23)77-83(47,48)49)72-18-13-5-62-25(18)28(31(43)65-13)79-85(53,54)55/h8-43H,1-7H2,(H,44,45,46)(H,47,48,49)(H,50,51,52)(H,53,54,55)(H,56,57,58)(H,59,60,61)/t8-,9-,10-,11-,12-,13-,14-,15-,16-,17-,18+,19+,20+,21+,22+,23-,24-,25+,26+,27+,28-,29-,30-,31+,32+,33+,34+,35-,36-/m1/s1. The number of aliphatic hydroxyl groups is 7. The van der Waals surface area contributed by atoms with Crippen LogP contribution in [-0.2, 0) is 154 Å². The van der Waals surface area contributed by atoms with E-state index in [9.17, 15) is 109 Å². The van der Waals surface area contributed by atoms with Crippen LogP contribution in [0.15, 0.2) is 0 Å². The first-order chi connectivity index (χ1) is 40.3. The Kier molecular flexibility index (Phi) is 21.4. The molecule has 87 heavy (non-hydrogen) atoms. The molecule has 0 aliphatic carbocycles. The van der Waals surface area contributed by atoms with Crippen molar-refractivity contribution in [2.45, 2.75) is 185 Å². The van der Waals surface area contributed by atoms with E-state index in [2.05, 4.69) is 12.5 Å². The summed E-state index contributed by atoms with van der Waals surface area (Å²) >= 11 is 0. The second-order valence-corrected chi connectivity index (χ2v) is 26.3. The van der Waals surface area contributed by atoms with Gasteiger partial charge in [0, 0.05) is 6.42 Å². The van der Waals surface area contributed by atoms with Gasteiger partial charge in [-0.25, -0.2) is 25.1 Å². The Morgan fingerprint density at radius 1 is 0.333 bits per heavy atom. The zero-order chi connectivity index (χ0) is 63.8. The lowest BCUT2D eigenvalue weighted by molar-refractivity contribution is -0.375. The lowest BCUT2D eigenvalue weighted by Gasteiger charge is -2.48. The maximum Gasteiger partial charge on any atom is 0.397 e. The molecular formula is C36H56O45S6. The van der Waals surface area contributed by atoms with Crippen LogP contribution in [0.25, 0.3) is 0 Å². The molecule has 0 saturated carbocycles. The SMILES string of the molecule is O=S(=O)(O)O[C@@H]1[C@H]2OC[C@@H](O[C@@H]1O)[C@@H]2O[C@@H]1O[C@H](CO)[C@H](OS(=O)(=O)O)[C@H](O[C@H]2O[C@@H]3CO[C@@H]([C@H]3O[C@@H]3O[C@H](CO)[C@H](OS(=O)(=O)O)[C@H](O[C@H]4O[C@@H]5CO[C@@H]([C@H]5O[C@@H]5O[C@H](CO)[C@H](OS(=O)(=O)O)C[C@H]5O)[C@H]4OS(=O)(=O)O)[C@H]3O)[C@H]2OS(=O)(=O)O)[C@H]1O. The minimum Gasteiger partial charge on any atom is -0.394 e. The highest BCUT2D eigenvalue weighted by Gasteiger charge is 2.64. The first-order valence-electron chi connectivity index (χ1n) is 24.8. The molecule has 9 aliphatic heterocycles. The maximum atomic E-state index is 12.5. The summed E-state index contributed by atoms with van der Waals surface area (Å²) in [6.45, 7) is -5.49.